The number of amides is 2. The topological polar surface area (TPSA) is 52.6 Å². The lowest BCUT2D eigenvalue weighted by molar-refractivity contribution is 0.174. The summed E-state index contributed by atoms with van der Waals surface area (Å²) in [6.45, 7) is 4.13. The van der Waals surface area contributed by atoms with Crippen LogP contribution in [-0.2, 0) is 0 Å². The van der Waals surface area contributed by atoms with Crippen LogP contribution < -0.4 is 5.32 Å². The average molecular weight is 286 g/mol. The van der Waals surface area contributed by atoms with Crippen LogP contribution in [0.15, 0.2) is 18.2 Å². The first kappa shape index (κ1) is 16.4. The molecule has 0 fully saturated rings. The minimum absolute atomic E-state index is 0.132. The molecule has 1 aromatic carbocycles. The zero-order valence-corrected chi connectivity index (χ0v) is 11.7. The Kier molecular flexibility index (Phi) is 6.38. The predicted octanol–water partition coefficient (Wildman–Crippen LogP) is 2.44. The monoisotopic (exact) mass is 286 g/mol. The number of aliphatic hydroxyl groups is 1. The van der Waals surface area contributed by atoms with Gasteiger partial charge in [0.25, 0.3) is 0 Å². The molecule has 6 heteroatoms. The SMILES string of the molecule is CCCN(CCO)C(=O)NC(C)c1ccc(F)cc1F. The van der Waals surface area contributed by atoms with Crippen molar-refractivity contribution in [2.24, 2.45) is 0 Å². The van der Waals surface area contributed by atoms with Crippen LogP contribution in [0.5, 0.6) is 0 Å². The highest BCUT2D eigenvalue weighted by molar-refractivity contribution is 5.74. The number of hydrogen-bond donors (Lipinski definition) is 2. The van der Waals surface area contributed by atoms with Crippen molar-refractivity contribution < 1.29 is 18.7 Å². The third-order valence-electron chi connectivity index (χ3n) is 2.92. The zero-order chi connectivity index (χ0) is 15.1. The Labute approximate surface area is 117 Å². The van der Waals surface area contributed by atoms with Gasteiger partial charge in [-0.05, 0) is 19.4 Å². The standard InChI is InChI=1S/C14H20F2N2O2/c1-3-6-18(7-8-19)14(20)17-10(2)12-5-4-11(15)9-13(12)16/h4-5,9-10,19H,3,6-8H2,1-2H3,(H,17,20). The largest absolute Gasteiger partial charge is 0.395 e. The van der Waals surface area contributed by atoms with E-state index in [-0.39, 0.29) is 24.7 Å². The smallest absolute Gasteiger partial charge is 0.317 e. The molecule has 0 bridgehead atoms. The molecule has 1 aromatic rings. The Morgan fingerprint density at radius 1 is 1.40 bits per heavy atom. The average Bonchev–Trinajstić information content (AvgIpc) is 2.38. The van der Waals surface area contributed by atoms with E-state index < -0.39 is 17.7 Å². The molecule has 2 N–H and O–H groups in total. The maximum atomic E-state index is 13.6. The van der Waals surface area contributed by atoms with Gasteiger partial charge in [-0.2, -0.15) is 0 Å². The van der Waals surface area contributed by atoms with Crippen LogP contribution in [0.3, 0.4) is 0 Å². The molecule has 1 unspecified atom stereocenters. The molecular formula is C14H20F2N2O2. The molecule has 4 nitrogen and oxygen atoms in total. The van der Waals surface area contributed by atoms with Crippen molar-refractivity contribution in [3.05, 3.63) is 35.4 Å². The van der Waals surface area contributed by atoms with Crippen LogP contribution in [0, 0.1) is 11.6 Å². The van der Waals surface area contributed by atoms with Gasteiger partial charge < -0.3 is 15.3 Å². The van der Waals surface area contributed by atoms with Gasteiger partial charge in [0.2, 0.25) is 0 Å². The number of benzene rings is 1. The fourth-order valence-electron chi connectivity index (χ4n) is 1.91. The van der Waals surface area contributed by atoms with Gasteiger partial charge in [0.05, 0.1) is 12.6 Å². The van der Waals surface area contributed by atoms with Crippen molar-refractivity contribution in [3.63, 3.8) is 0 Å². The molecule has 0 aliphatic carbocycles. The third kappa shape index (κ3) is 4.45. The Balaban J connectivity index is 2.72. The van der Waals surface area contributed by atoms with Crippen LogP contribution in [0.2, 0.25) is 0 Å². The van der Waals surface area contributed by atoms with Gasteiger partial charge in [-0.25, -0.2) is 13.6 Å². The number of aliphatic hydroxyl groups excluding tert-OH is 1. The first-order chi connectivity index (χ1) is 9.49. The molecule has 0 heterocycles. The second-order valence-electron chi connectivity index (χ2n) is 4.55. The first-order valence-electron chi connectivity index (χ1n) is 6.60. The van der Waals surface area contributed by atoms with E-state index in [9.17, 15) is 13.6 Å². The summed E-state index contributed by atoms with van der Waals surface area (Å²) in [4.78, 5) is 13.4. The number of hydrogen-bond acceptors (Lipinski definition) is 2. The van der Waals surface area contributed by atoms with Crippen LogP contribution in [-0.4, -0.2) is 35.7 Å². The van der Waals surface area contributed by atoms with Crippen LogP contribution >= 0.6 is 0 Å². The summed E-state index contributed by atoms with van der Waals surface area (Å²) in [6.07, 6.45) is 0.757. The molecule has 0 saturated carbocycles. The van der Waals surface area contributed by atoms with Crippen molar-refractivity contribution in [1.82, 2.24) is 10.2 Å². The number of carbonyl (C=O) groups is 1. The number of nitrogens with zero attached hydrogens (tertiary/aromatic N) is 1. The van der Waals surface area contributed by atoms with E-state index in [1.807, 2.05) is 6.92 Å². The summed E-state index contributed by atoms with van der Waals surface area (Å²) in [5.74, 6) is -1.35. The first-order valence-corrected chi connectivity index (χ1v) is 6.60. The number of halogens is 2. The molecule has 0 spiro atoms. The Hall–Kier alpha value is -1.69. The fourth-order valence-corrected chi connectivity index (χ4v) is 1.91. The van der Waals surface area contributed by atoms with Gasteiger partial charge in [-0.1, -0.05) is 13.0 Å². The number of carbonyl (C=O) groups excluding carboxylic acids is 1. The Morgan fingerprint density at radius 2 is 2.10 bits per heavy atom. The minimum Gasteiger partial charge on any atom is -0.395 e. The molecule has 2 amide bonds. The summed E-state index contributed by atoms with van der Waals surface area (Å²) < 4.78 is 26.4. The highest BCUT2D eigenvalue weighted by Gasteiger charge is 2.18. The highest BCUT2D eigenvalue weighted by Crippen LogP contribution is 2.17. The van der Waals surface area contributed by atoms with Crippen molar-refractivity contribution in [1.29, 1.82) is 0 Å². The van der Waals surface area contributed by atoms with Crippen molar-refractivity contribution in [2.75, 3.05) is 19.7 Å². The molecule has 0 saturated heterocycles. The summed E-state index contributed by atoms with van der Waals surface area (Å²) in [5.41, 5.74) is 0.222. The molecule has 20 heavy (non-hydrogen) atoms. The van der Waals surface area contributed by atoms with Gasteiger partial charge in [0.15, 0.2) is 0 Å². The van der Waals surface area contributed by atoms with E-state index in [4.69, 9.17) is 5.11 Å². The number of rotatable bonds is 6. The summed E-state index contributed by atoms with van der Waals surface area (Å²) in [5, 5.41) is 11.6. The second kappa shape index (κ2) is 7.79. The summed E-state index contributed by atoms with van der Waals surface area (Å²) >= 11 is 0. The zero-order valence-electron chi connectivity index (χ0n) is 11.7. The lowest BCUT2D eigenvalue weighted by Crippen LogP contribution is -2.43. The molecule has 112 valence electrons. The molecule has 0 radical (unpaired) electrons. The van der Waals surface area contributed by atoms with Gasteiger partial charge >= 0.3 is 6.03 Å². The van der Waals surface area contributed by atoms with Gasteiger partial charge in [0.1, 0.15) is 11.6 Å². The maximum Gasteiger partial charge on any atom is 0.317 e. The summed E-state index contributed by atoms with van der Waals surface area (Å²) in [7, 11) is 0. The van der Waals surface area contributed by atoms with E-state index in [1.54, 1.807) is 6.92 Å². The Bertz CT molecular complexity index is 449. The van der Waals surface area contributed by atoms with Gasteiger partial charge in [0, 0.05) is 24.7 Å². The quantitative estimate of drug-likeness (QED) is 0.844. The Morgan fingerprint density at radius 3 is 2.65 bits per heavy atom. The molecular weight excluding hydrogens is 266 g/mol. The molecule has 0 aliphatic heterocycles. The molecule has 0 aliphatic rings. The van der Waals surface area contributed by atoms with Crippen LogP contribution in [0.25, 0.3) is 0 Å². The van der Waals surface area contributed by atoms with E-state index in [1.165, 1.54) is 11.0 Å². The molecule has 1 rings (SSSR count). The highest BCUT2D eigenvalue weighted by atomic mass is 19.1. The van der Waals surface area contributed by atoms with E-state index in [0.717, 1.165) is 18.6 Å². The predicted molar refractivity (Wildman–Crippen MR) is 72.3 cm³/mol. The van der Waals surface area contributed by atoms with Crippen molar-refractivity contribution in [2.45, 2.75) is 26.3 Å². The molecule has 0 aromatic heterocycles. The second-order valence-corrected chi connectivity index (χ2v) is 4.55. The molecule has 1 atom stereocenters. The van der Waals surface area contributed by atoms with Crippen LogP contribution in [0.4, 0.5) is 13.6 Å². The number of nitrogens with one attached hydrogen (secondary N) is 1. The van der Waals surface area contributed by atoms with Crippen LogP contribution in [0.1, 0.15) is 31.9 Å². The van der Waals surface area contributed by atoms with E-state index in [2.05, 4.69) is 5.32 Å². The fraction of sp³-hybridized carbons (Fsp3) is 0.500. The lowest BCUT2D eigenvalue weighted by atomic mass is 10.1. The minimum atomic E-state index is -0.693. The van der Waals surface area contributed by atoms with E-state index >= 15 is 0 Å². The maximum absolute atomic E-state index is 13.6. The van der Waals surface area contributed by atoms with Gasteiger partial charge in [-0.15, -0.1) is 0 Å². The lowest BCUT2D eigenvalue weighted by Gasteiger charge is -2.24. The van der Waals surface area contributed by atoms with Crippen molar-refractivity contribution in [3.8, 4) is 0 Å². The van der Waals surface area contributed by atoms with Gasteiger partial charge in [-0.3, -0.25) is 0 Å². The summed E-state index contributed by atoms with van der Waals surface area (Å²) in [6, 6.07) is 2.29. The van der Waals surface area contributed by atoms with Crippen molar-refractivity contribution >= 4 is 6.03 Å². The number of urea groups is 1. The normalized spacial score (nSPS) is 12.1. The third-order valence-corrected chi connectivity index (χ3v) is 2.92. The van der Waals surface area contributed by atoms with E-state index in [0.29, 0.717) is 6.54 Å².